The summed E-state index contributed by atoms with van der Waals surface area (Å²) in [6.07, 6.45) is 8.73. The molecule has 0 aromatic carbocycles. The standard InChI is InChI=1S/C15H29N3/c1-6-16-13(15(2,3)4)9-7-8-10-14-17-11-12-18(14)5/h11-13,16H,6-10H2,1-5H3. The van der Waals surface area contributed by atoms with Gasteiger partial charge in [-0.1, -0.05) is 34.1 Å². The van der Waals surface area contributed by atoms with Gasteiger partial charge < -0.3 is 9.88 Å². The van der Waals surface area contributed by atoms with Crippen molar-refractivity contribution in [2.45, 2.75) is 59.4 Å². The first-order chi connectivity index (χ1) is 8.45. The predicted octanol–water partition coefficient (Wildman–Crippen LogP) is 3.16. The van der Waals surface area contributed by atoms with Gasteiger partial charge in [0.2, 0.25) is 0 Å². The molecule has 0 amide bonds. The minimum atomic E-state index is 0.346. The Bertz CT molecular complexity index is 336. The molecule has 104 valence electrons. The van der Waals surface area contributed by atoms with Crippen LogP contribution in [0.15, 0.2) is 12.4 Å². The Kier molecular flexibility index (Phi) is 5.86. The van der Waals surface area contributed by atoms with Crippen molar-refractivity contribution in [1.29, 1.82) is 0 Å². The topological polar surface area (TPSA) is 29.9 Å². The Morgan fingerprint density at radius 2 is 2.06 bits per heavy atom. The van der Waals surface area contributed by atoms with Gasteiger partial charge in [0, 0.05) is 31.9 Å². The van der Waals surface area contributed by atoms with Gasteiger partial charge in [0.05, 0.1) is 0 Å². The van der Waals surface area contributed by atoms with Crippen LogP contribution in [0.25, 0.3) is 0 Å². The van der Waals surface area contributed by atoms with Gasteiger partial charge in [-0.15, -0.1) is 0 Å². The second kappa shape index (κ2) is 6.93. The largest absolute Gasteiger partial charge is 0.338 e. The number of hydrogen-bond donors (Lipinski definition) is 1. The third kappa shape index (κ3) is 4.81. The second-order valence-electron chi connectivity index (χ2n) is 6.18. The van der Waals surface area contributed by atoms with Gasteiger partial charge in [-0.3, -0.25) is 0 Å². The van der Waals surface area contributed by atoms with E-state index in [2.05, 4.69) is 49.6 Å². The summed E-state index contributed by atoms with van der Waals surface area (Å²) >= 11 is 0. The van der Waals surface area contributed by atoms with Crippen LogP contribution in [0.1, 0.15) is 52.8 Å². The van der Waals surface area contributed by atoms with Crippen molar-refractivity contribution >= 4 is 0 Å². The summed E-state index contributed by atoms with van der Waals surface area (Å²) in [5, 5.41) is 3.61. The van der Waals surface area contributed by atoms with Crippen molar-refractivity contribution in [3.05, 3.63) is 18.2 Å². The summed E-state index contributed by atoms with van der Waals surface area (Å²) in [5.41, 5.74) is 0.346. The molecule has 0 bridgehead atoms. The first-order valence-corrected chi connectivity index (χ1v) is 7.14. The third-order valence-electron chi connectivity index (χ3n) is 3.56. The van der Waals surface area contributed by atoms with Gasteiger partial charge in [-0.05, 0) is 24.8 Å². The van der Waals surface area contributed by atoms with Crippen LogP contribution in [0.3, 0.4) is 0 Å². The average molecular weight is 251 g/mol. The Labute approximate surface area is 112 Å². The molecule has 1 heterocycles. The summed E-state index contributed by atoms with van der Waals surface area (Å²) in [5.74, 6) is 1.20. The molecule has 1 unspecified atom stereocenters. The molecule has 1 aromatic rings. The van der Waals surface area contributed by atoms with E-state index in [1.165, 1.54) is 25.1 Å². The third-order valence-corrected chi connectivity index (χ3v) is 3.56. The van der Waals surface area contributed by atoms with Gasteiger partial charge in [0.15, 0.2) is 0 Å². The zero-order valence-electron chi connectivity index (χ0n) is 12.7. The maximum absolute atomic E-state index is 4.36. The van der Waals surface area contributed by atoms with Crippen LogP contribution in [-0.2, 0) is 13.5 Å². The number of aryl methyl sites for hydroxylation is 2. The molecule has 0 fully saturated rings. The van der Waals surface area contributed by atoms with E-state index in [4.69, 9.17) is 0 Å². The molecule has 0 radical (unpaired) electrons. The number of hydrogen-bond acceptors (Lipinski definition) is 2. The number of unbranched alkanes of at least 4 members (excludes halogenated alkanes) is 1. The molecule has 0 aliphatic rings. The highest BCUT2D eigenvalue weighted by atomic mass is 15.0. The molecule has 0 spiro atoms. The van der Waals surface area contributed by atoms with E-state index < -0.39 is 0 Å². The van der Waals surface area contributed by atoms with E-state index in [0.717, 1.165) is 13.0 Å². The molecule has 1 atom stereocenters. The molecule has 0 saturated carbocycles. The molecule has 1 aromatic heterocycles. The van der Waals surface area contributed by atoms with E-state index >= 15 is 0 Å². The van der Waals surface area contributed by atoms with E-state index in [0.29, 0.717) is 11.5 Å². The Hall–Kier alpha value is -0.830. The fourth-order valence-electron chi connectivity index (χ4n) is 2.36. The lowest BCUT2D eigenvalue weighted by atomic mass is 9.83. The fourth-order valence-corrected chi connectivity index (χ4v) is 2.36. The lowest BCUT2D eigenvalue weighted by molar-refractivity contribution is 0.253. The van der Waals surface area contributed by atoms with Crippen molar-refractivity contribution in [3.8, 4) is 0 Å². The van der Waals surface area contributed by atoms with E-state index in [1.54, 1.807) is 0 Å². The van der Waals surface area contributed by atoms with Crippen molar-refractivity contribution < 1.29 is 0 Å². The zero-order chi connectivity index (χ0) is 13.6. The number of nitrogens with zero attached hydrogens (tertiary/aromatic N) is 2. The Balaban J connectivity index is 2.29. The smallest absolute Gasteiger partial charge is 0.108 e. The summed E-state index contributed by atoms with van der Waals surface area (Å²) in [6.45, 7) is 10.2. The van der Waals surface area contributed by atoms with E-state index in [1.807, 2.05) is 12.4 Å². The first kappa shape index (κ1) is 15.2. The van der Waals surface area contributed by atoms with E-state index in [9.17, 15) is 0 Å². The van der Waals surface area contributed by atoms with Crippen molar-refractivity contribution in [1.82, 2.24) is 14.9 Å². The van der Waals surface area contributed by atoms with Crippen LogP contribution >= 0.6 is 0 Å². The predicted molar refractivity (Wildman–Crippen MR) is 77.7 cm³/mol. The first-order valence-electron chi connectivity index (χ1n) is 7.14. The summed E-state index contributed by atoms with van der Waals surface area (Å²) < 4.78 is 2.12. The minimum absolute atomic E-state index is 0.346. The lowest BCUT2D eigenvalue weighted by Crippen LogP contribution is -2.40. The molecule has 18 heavy (non-hydrogen) atoms. The van der Waals surface area contributed by atoms with Crippen LogP contribution in [0.2, 0.25) is 0 Å². The van der Waals surface area contributed by atoms with Gasteiger partial charge in [-0.2, -0.15) is 0 Å². The molecule has 0 saturated heterocycles. The van der Waals surface area contributed by atoms with Crippen LogP contribution in [0.5, 0.6) is 0 Å². The maximum atomic E-state index is 4.36. The number of nitrogens with one attached hydrogen (secondary N) is 1. The maximum Gasteiger partial charge on any atom is 0.108 e. The quantitative estimate of drug-likeness (QED) is 0.754. The van der Waals surface area contributed by atoms with Crippen LogP contribution in [0.4, 0.5) is 0 Å². The van der Waals surface area contributed by atoms with Crippen molar-refractivity contribution in [2.24, 2.45) is 12.5 Å². The van der Waals surface area contributed by atoms with Gasteiger partial charge in [-0.25, -0.2) is 4.98 Å². The van der Waals surface area contributed by atoms with Crippen LogP contribution < -0.4 is 5.32 Å². The molecular weight excluding hydrogens is 222 g/mol. The SMILES string of the molecule is CCNC(CCCCc1nccn1C)C(C)(C)C. The normalized spacial score (nSPS) is 13.8. The summed E-state index contributed by atoms with van der Waals surface area (Å²) in [4.78, 5) is 4.36. The Morgan fingerprint density at radius 3 is 2.56 bits per heavy atom. The van der Waals surface area contributed by atoms with Crippen LogP contribution in [0, 0.1) is 5.41 Å². The monoisotopic (exact) mass is 251 g/mol. The summed E-state index contributed by atoms with van der Waals surface area (Å²) in [7, 11) is 2.07. The van der Waals surface area contributed by atoms with Gasteiger partial charge in [0.25, 0.3) is 0 Å². The van der Waals surface area contributed by atoms with Crippen molar-refractivity contribution in [3.63, 3.8) is 0 Å². The number of rotatable bonds is 7. The number of imidazole rings is 1. The zero-order valence-corrected chi connectivity index (χ0v) is 12.7. The highest BCUT2D eigenvalue weighted by Gasteiger charge is 2.22. The molecule has 3 heteroatoms. The second-order valence-corrected chi connectivity index (χ2v) is 6.18. The average Bonchev–Trinajstić information content (AvgIpc) is 2.67. The molecular formula is C15H29N3. The highest BCUT2D eigenvalue weighted by molar-refractivity contribution is 4.91. The molecule has 0 aliphatic carbocycles. The van der Waals surface area contributed by atoms with Gasteiger partial charge in [0.1, 0.15) is 5.82 Å². The molecule has 1 rings (SSSR count). The Morgan fingerprint density at radius 1 is 1.33 bits per heavy atom. The lowest BCUT2D eigenvalue weighted by Gasteiger charge is -2.31. The summed E-state index contributed by atoms with van der Waals surface area (Å²) in [6, 6.07) is 0.615. The number of aromatic nitrogens is 2. The van der Waals surface area contributed by atoms with E-state index in [-0.39, 0.29) is 0 Å². The van der Waals surface area contributed by atoms with Gasteiger partial charge >= 0.3 is 0 Å². The van der Waals surface area contributed by atoms with Crippen LogP contribution in [-0.4, -0.2) is 22.1 Å². The highest BCUT2D eigenvalue weighted by Crippen LogP contribution is 2.23. The minimum Gasteiger partial charge on any atom is -0.338 e. The van der Waals surface area contributed by atoms with Crippen molar-refractivity contribution in [2.75, 3.05) is 6.54 Å². The molecule has 0 aliphatic heterocycles. The molecule has 1 N–H and O–H groups in total. The fraction of sp³-hybridized carbons (Fsp3) is 0.800. The molecule has 3 nitrogen and oxygen atoms in total.